The van der Waals surface area contributed by atoms with Crippen molar-refractivity contribution in [2.24, 2.45) is 0 Å². The minimum absolute atomic E-state index is 0.133. The van der Waals surface area contributed by atoms with Crippen molar-refractivity contribution in [3.05, 3.63) is 54.1 Å². The fraction of sp³-hybridized carbons (Fsp3) is 0.0714. The quantitative estimate of drug-likeness (QED) is 0.729. The van der Waals surface area contributed by atoms with Crippen LogP contribution in [-0.4, -0.2) is 19.0 Å². The summed E-state index contributed by atoms with van der Waals surface area (Å²) in [5, 5.41) is 4.31. The van der Waals surface area contributed by atoms with Crippen LogP contribution in [0.2, 0.25) is 0 Å². The second kappa shape index (κ2) is 6.49. The predicted molar refractivity (Wildman–Crippen MR) is 80.3 cm³/mol. The molecule has 3 N–H and O–H groups in total. The molecular weight excluding hydrogens is 349 g/mol. The molecule has 10 heteroatoms. The SMILES string of the molecule is O=C(Nc1cccc(C(F)(F)F)c1)Nc1ccccc1S(=O)(=O)O. The van der Waals surface area contributed by atoms with Crippen LogP contribution in [0.5, 0.6) is 0 Å². The third-order valence-corrected chi connectivity index (χ3v) is 3.77. The summed E-state index contributed by atoms with van der Waals surface area (Å²) >= 11 is 0. The average molecular weight is 360 g/mol. The van der Waals surface area contributed by atoms with Gasteiger partial charge in [0.1, 0.15) is 4.90 Å². The van der Waals surface area contributed by atoms with Gasteiger partial charge in [0.2, 0.25) is 0 Å². The van der Waals surface area contributed by atoms with Crippen LogP contribution in [0.25, 0.3) is 0 Å². The highest BCUT2D eigenvalue weighted by Gasteiger charge is 2.30. The number of anilines is 2. The molecule has 0 aliphatic carbocycles. The highest BCUT2D eigenvalue weighted by atomic mass is 32.2. The Kier molecular flexibility index (Phi) is 4.81. The van der Waals surface area contributed by atoms with Gasteiger partial charge in [-0.2, -0.15) is 21.6 Å². The summed E-state index contributed by atoms with van der Waals surface area (Å²) in [4.78, 5) is 11.3. The van der Waals surface area contributed by atoms with E-state index in [2.05, 4.69) is 10.6 Å². The van der Waals surface area contributed by atoms with Gasteiger partial charge in [-0.25, -0.2) is 4.79 Å². The van der Waals surface area contributed by atoms with Gasteiger partial charge in [-0.05, 0) is 30.3 Å². The molecule has 0 radical (unpaired) electrons. The number of benzene rings is 2. The Hall–Kier alpha value is -2.59. The topological polar surface area (TPSA) is 95.5 Å². The summed E-state index contributed by atoms with van der Waals surface area (Å²) in [5.74, 6) is 0. The third kappa shape index (κ3) is 4.46. The van der Waals surface area contributed by atoms with Crippen LogP contribution in [0, 0.1) is 0 Å². The molecule has 0 spiro atoms. The lowest BCUT2D eigenvalue weighted by Gasteiger charge is -2.12. The van der Waals surface area contributed by atoms with Crippen LogP contribution in [0.15, 0.2) is 53.4 Å². The molecule has 128 valence electrons. The van der Waals surface area contributed by atoms with Crippen LogP contribution < -0.4 is 10.6 Å². The summed E-state index contributed by atoms with van der Waals surface area (Å²) < 4.78 is 69.3. The van der Waals surface area contributed by atoms with Crippen molar-refractivity contribution in [1.29, 1.82) is 0 Å². The first-order valence-corrected chi connectivity index (χ1v) is 7.83. The number of halogens is 3. The zero-order valence-corrected chi connectivity index (χ0v) is 12.6. The highest BCUT2D eigenvalue weighted by Crippen LogP contribution is 2.30. The molecule has 2 rings (SSSR count). The Morgan fingerprint density at radius 3 is 2.29 bits per heavy atom. The molecule has 6 nitrogen and oxygen atoms in total. The number of carbonyl (C=O) groups is 1. The third-order valence-electron chi connectivity index (χ3n) is 2.86. The fourth-order valence-electron chi connectivity index (χ4n) is 1.85. The maximum Gasteiger partial charge on any atom is 0.416 e. The van der Waals surface area contributed by atoms with E-state index < -0.39 is 32.8 Å². The number of hydrogen-bond acceptors (Lipinski definition) is 3. The van der Waals surface area contributed by atoms with Gasteiger partial charge < -0.3 is 10.6 Å². The minimum atomic E-state index is -4.57. The van der Waals surface area contributed by atoms with Gasteiger partial charge in [-0.15, -0.1) is 0 Å². The second-order valence-electron chi connectivity index (χ2n) is 4.63. The monoisotopic (exact) mass is 360 g/mol. The first-order chi connectivity index (χ1) is 11.1. The Labute approximate surface area is 135 Å². The van der Waals surface area contributed by atoms with E-state index in [1.807, 2.05) is 0 Å². The van der Waals surface area contributed by atoms with Crippen molar-refractivity contribution in [2.75, 3.05) is 10.6 Å². The molecule has 0 saturated carbocycles. The van der Waals surface area contributed by atoms with Gasteiger partial charge in [0.05, 0.1) is 11.3 Å². The number of urea groups is 1. The van der Waals surface area contributed by atoms with E-state index in [1.54, 1.807) is 0 Å². The van der Waals surface area contributed by atoms with Gasteiger partial charge in [-0.3, -0.25) is 4.55 Å². The van der Waals surface area contributed by atoms with Crippen LogP contribution in [0.3, 0.4) is 0 Å². The summed E-state index contributed by atoms with van der Waals surface area (Å²) in [6.07, 6.45) is -4.56. The van der Waals surface area contributed by atoms with Gasteiger partial charge in [-0.1, -0.05) is 18.2 Å². The van der Waals surface area contributed by atoms with Crippen LogP contribution in [0.1, 0.15) is 5.56 Å². The lowest BCUT2D eigenvalue weighted by Crippen LogP contribution is -2.21. The summed E-state index contributed by atoms with van der Waals surface area (Å²) in [6.45, 7) is 0. The molecule has 0 saturated heterocycles. The standard InChI is InChI=1S/C14H11F3N2O4S/c15-14(16,17)9-4-3-5-10(8-9)18-13(20)19-11-6-1-2-7-12(11)24(21,22)23/h1-8H,(H2,18,19,20)(H,21,22,23). The fourth-order valence-corrected chi connectivity index (χ4v) is 2.50. The lowest BCUT2D eigenvalue weighted by atomic mass is 10.2. The van der Waals surface area contributed by atoms with E-state index in [4.69, 9.17) is 4.55 Å². The van der Waals surface area contributed by atoms with E-state index in [9.17, 15) is 26.4 Å². The minimum Gasteiger partial charge on any atom is -0.308 e. The van der Waals surface area contributed by atoms with Gasteiger partial charge in [0.15, 0.2) is 0 Å². The molecule has 0 heterocycles. The largest absolute Gasteiger partial charge is 0.416 e. The van der Waals surface area contributed by atoms with Crippen molar-refractivity contribution in [2.45, 2.75) is 11.1 Å². The number of amides is 2. The molecule has 2 aromatic rings. The van der Waals surface area contributed by atoms with Crippen molar-refractivity contribution in [1.82, 2.24) is 0 Å². The molecule has 24 heavy (non-hydrogen) atoms. The maximum absolute atomic E-state index is 12.6. The first-order valence-electron chi connectivity index (χ1n) is 6.39. The normalized spacial score (nSPS) is 11.8. The van der Waals surface area contributed by atoms with Crippen molar-refractivity contribution >= 4 is 27.5 Å². The molecule has 0 bridgehead atoms. The second-order valence-corrected chi connectivity index (χ2v) is 6.02. The van der Waals surface area contributed by atoms with Gasteiger partial charge >= 0.3 is 12.2 Å². The molecule has 0 aliphatic heterocycles. The number of para-hydroxylation sites is 1. The predicted octanol–water partition coefficient (Wildman–Crippen LogP) is 3.60. The van der Waals surface area contributed by atoms with Crippen LogP contribution >= 0.6 is 0 Å². The Morgan fingerprint density at radius 2 is 1.67 bits per heavy atom. The summed E-state index contributed by atoms with van der Waals surface area (Å²) in [7, 11) is -4.57. The molecule has 0 aliphatic rings. The van der Waals surface area contributed by atoms with Gasteiger partial charge in [0, 0.05) is 5.69 Å². The average Bonchev–Trinajstić information content (AvgIpc) is 2.46. The van der Waals surface area contributed by atoms with Crippen LogP contribution in [0.4, 0.5) is 29.3 Å². The summed E-state index contributed by atoms with van der Waals surface area (Å²) in [5.41, 5.74) is -1.30. The van der Waals surface area contributed by atoms with Gasteiger partial charge in [0.25, 0.3) is 10.1 Å². The van der Waals surface area contributed by atoms with Crippen molar-refractivity contribution in [3.8, 4) is 0 Å². The zero-order chi connectivity index (χ0) is 18.0. The molecule has 0 aromatic heterocycles. The van der Waals surface area contributed by atoms with E-state index in [0.29, 0.717) is 0 Å². The van der Waals surface area contributed by atoms with E-state index in [1.165, 1.54) is 24.3 Å². The van der Waals surface area contributed by atoms with E-state index >= 15 is 0 Å². The number of rotatable bonds is 3. The van der Waals surface area contributed by atoms with E-state index in [0.717, 1.165) is 24.3 Å². The van der Waals surface area contributed by atoms with Crippen molar-refractivity contribution < 1.29 is 30.9 Å². The molecule has 0 unspecified atom stereocenters. The first kappa shape index (κ1) is 17.8. The number of hydrogen-bond donors (Lipinski definition) is 3. The Morgan fingerprint density at radius 1 is 1.00 bits per heavy atom. The molecular formula is C14H11F3N2O4S. The highest BCUT2D eigenvalue weighted by molar-refractivity contribution is 7.86. The summed E-state index contributed by atoms with van der Waals surface area (Å²) in [6, 6.07) is 7.99. The van der Waals surface area contributed by atoms with Crippen molar-refractivity contribution in [3.63, 3.8) is 0 Å². The van der Waals surface area contributed by atoms with E-state index in [-0.39, 0.29) is 11.4 Å². The zero-order valence-electron chi connectivity index (χ0n) is 11.8. The number of carbonyl (C=O) groups excluding carboxylic acids is 1. The molecule has 2 aromatic carbocycles. The molecule has 0 fully saturated rings. The molecule has 2 amide bonds. The van der Waals surface area contributed by atoms with Crippen LogP contribution in [-0.2, 0) is 16.3 Å². The lowest BCUT2D eigenvalue weighted by molar-refractivity contribution is -0.137. The number of alkyl halides is 3. The maximum atomic E-state index is 12.6. The smallest absolute Gasteiger partial charge is 0.308 e. The molecule has 0 atom stereocenters. The Bertz CT molecular complexity index is 866. The Balaban J connectivity index is 2.19. The number of nitrogens with one attached hydrogen (secondary N) is 2.